The van der Waals surface area contributed by atoms with Crippen LogP contribution >= 0.6 is 11.6 Å². The highest BCUT2D eigenvalue weighted by atomic mass is 35.5. The Morgan fingerprint density at radius 2 is 1.90 bits per heavy atom. The predicted octanol–water partition coefficient (Wildman–Crippen LogP) is 4.62. The number of anilines is 1. The molecule has 2 amide bonds. The minimum absolute atomic E-state index is 0.00843. The highest BCUT2D eigenvalue weighted by Gasteiger charge is 2.23. The van der Waals surface area contributed by atoms with E-state index in [0.29, 0.717) is 30.8 Å². The Labute approximate surface area is 186 Å². The van der Waals surface area contributed by atoms with Gasteiger partial charge in [-0.05, 0) is 31.4 Å². The van der Waals surface area contributed by atoms with Gasteiger partial charge in [-0.2, -0.15) is 0 Å². The summed E-state index contributed by atoms with van der Waals surface area (Å²) in [5, 5.41) is 3.19. The number of amides is 2. The summed E-state index contributed by atoms with van der Waals surface area (Å²) in [6.07, 6.45) is 8.11. The van der Waals surface area contributed by atoms with Gasteiger partial charge >= 0.3 is 6.03 Å². The molecule has 0 spiro atoms. The van der Waals surface area contributed by atoms with E-state index in [1.54, 1.807) is 6.07 Å². The second-order valence-corrected chi connectivity index (χ2v) is 8.41. The van der Waals surface area contributed by atoms with Gasteiger partial charge in [-0.25, -0.2) is 19.2 Å². The maximum absolute atomic E-state index is 13.4. The Hall–Kier alpha value is -2.61. The molecule has 31 heavy (non-hydrogen) atoms. The molecular weight excluding hydrogens is 421 g/mol. The first-order valence-electron chi connectivity index (χ1n) is 10.8. The van der Waals surface area contributed by atoms with Crippen molar-refractivity contribution in [3.05, 3.63) is 41.4 Å². The van der Waals surface area contributed by atoms with Crippen LogP contribution in [0.3, 0.4) is 0 Å². The molecule has 166 valence electrons. The van der Waals surface area contributed by atoms with Gasteiger partial charge in [-0.3, -0.25) is 0 Å². The van der Waals surface area contributed by atoms with Gasteiger partial charge < -0.3 is 19.9 Å². The van der Waals surface area contributed by atoms with Crippen molar-refractivity contribution in [3.63, 3.8) is 0 Å². The third-order valence-electron chi connectivity index (χ3n) is 5.78. The van der Waals surface area contributed by atoms with Crippen molar-refractivity contribution in [1.29, 1.82) is 0 Å². The van der Waals surface area contributed by atoms with Crippen LogP contribution in [0.15, 0.2) is 30.6 Å². The molecule has 7 nitrogen and oxygen atoms in total. The monoisotopic (exact) mass is 447 g/mol. The van der Waals surface area contributed by atoms with E-state index in [9.17, 15) is 9.18 Å². The van der Waals surface area contributed by atoms with Gasteiger partial charge in [-0.1, -0.05) is 30.9 Å². The van der Waals surface area contributed by atoms with Crippen molar-refractivity contribution in [3.8, 4) is 11.6 Å². The van der Waals surface area contributed by atoms with Crippen LogP contribution in [0.4, 0.5) is 15.0 Å². The lowest BCUT2D eigenvalue weighted by atomic mass is 9.96. The lowest BCUT2D eigenvalue weighted by Crippen LogP contribution is -2.46. The molecule has 1 aliphatic heterocycles. The van der Waals surface area contributed by atoms with Crippen molar-refractivity contribution < 1.29 is 13.9 Å². The van der Waals surface area contributed by atoms with Crippen molar-refractivity contribution in [2.45, 2.75) is 44.6 Å². The number of carbonyl (C=O) groups excluding carboxylic acids is 1. The third kappa shape index (κ3) is 5.76. The number of benzene rings is 1. The summed E-state index contributed by atoms with van der Waals surface area (Å²) in [6.45, 7) is 2.81. The van der Waals surface area contributed by atoms with Crippen molar-refractivity contribution in [2.75, 3.05) is 31.1 Å². The number of urea groups is 1. The number of nitrogens with zero attached hydrogens (tertiary/aromatic N) is 4. The fourth-order valence-electron chi connectivity index (χ4n) is 4.08. The fourth-order valence-corrected chi connectivity index (χ4v) is 4.25. The molecule has 1 aliphatic carbocycles. The Kier molecular flexibility index (Phi) is 7.06. The zero-order valence-electron chi connectivity index (χ0n) is 17.4. The van der Waals surface area contributed by atoms with Crippen molar-refractivity contribution >= 4 is 23.4 Å². The maximum atomic E-state index is 13.4. The molecule has 1 saturated heterocycles. The molecular formula is C22H27ClFN5O2. The van der Waals surface area contributed by atoms with E-state index >= 15 is 0 Å². The van der Waals surface area contributed by atoms with Gasteiger partial charge in [0.15, 0.2) is 0 Å². The van der Waals surface area contributed by atoms with Crippen LogP contribution in [0, 0.1) is 5.82 Å². The summed E-state index contributed by atoms with van der Waals surface area (Å²) in [5.74, 6) is 0.980. The minimum atomic E-state index is -0.501. The van der Waals surface area contributed by atoms with Gasteiger partial charge in [0, 0.05) is 44.4 Å². The van der Waals surface area contributed by atoms with Crippen LogP contribution in [-0.2, 0) is 0 Å². The standard InChI is InChI=1S/C22H27ClFN5O2/c23-18-13-17(7-8-19(18)24)31-21-14-20(25-15-26-21)28-9-4-10-29(12-11-28)22(30)27-16-5-2-1-3-6-16/h7-8,13-16H,1-6,9-12H2,(H,27,30). The molecule has 2 heterocycles. The number of aromatic nitrogens is 2. The van der Waals surface area contributed by atoms with Crippen LogP contribution in [0.2, 0.25) is 5.02 Å². The second kappa shape index (κ2) is 10.1. The highest BCUT2D eigenvalue weighted by Crippen LogP contribution is 2.26. The summed E-state index contributed by atoms with van der Waals surface area (Å²) in [7, 11) is 0. The number of hydrogen-bond donors (Lipinski definition) is 1. The lowest BCUT2D eigenvalue weighted by Gasteiger charge is -2.27. The van der Waals surface area contributed by atoms with Crippen LogP contribution < -0.4 is 15.0 Å². The molecule has 0 unspecified atom stereocenters. The molecule has 0 bridgehead atoms. The van der Waals surface area contributed by atoms with Gasteiger partial charge in [-0.15, -0.1) is 0 Å². The summed E-state index contributed by atoms with van der Waals surface area (Å²) in [6, 6.07) is 6.25. The predicted molar refractivity (Wildman–Crippen MR) is 117 cm³/mol. The number of rotatable bonds is 4. The number of halogens is 2. The average Bonchev–Trinajstić information content (AvgIpc) is 3.04. The third-order valence-corrected chi connectivity index (χ3v) is 6.07. The van der Waals surface area contributed by atoms with E-state index < -0.39 is 5.82 Å². The molecule has 1 aromatic carbocycles. The number of ether oxygens (including phenoxy) is 1. The molecule has 1 N–H and O–H groups in total. The first-order valence-corrected chi connectivity index (χ1v) is 11.2. The summed E-state index contributed by atoms with van der Waals surface area (Å²) >= 11 is 5.82. The molecule has 2 aromatic rings. The average molecular weight is 448 g/mol. The molecule has 2 fully saturated rings. The smallest absolute Gasteiger partial charge is 0.317 e. The van der Waals surface area contributed by atoms with Gasteiger partial charge in [0.2, 0.25) is 5.88 Å². The van der Waals surface area contributed by atoms with Gasteiger partial charge in [0.1, 0.15) is 23.7 Å². The topological polar surface area (TPSA) is 70.6 Å². The number of hydrogen-bond acceptors (Lipinski definition) is 5. The zero-order valence-corrected chi connectivity index (χ0v) is 18.2. The molecule has 1 saturated carbocycles. The van der Waals surface area contributed by atoms with Crippen molar-refractivity contribution in [1.82, 2.24) is 20.2 Å². The first kappa shape index (κ1) is 21.6. The van der Waals surface area contributed by atoms with Crippen LogP contribution in [0.25, 0.3) is 0 Å². The Morgan fingerprint density at radius 3 is 2.71 bits per heavy atom. The Morgan fingerprint density at radius 1 is 1.06 bits per heavy atom. The SMILES string of the molecule is O=C(NC1CCCCC1)N1CCCN(c2cc(Oc3ccc(F)c(Cl)c3)ncn2)CC1. The van der Waals surface area contributed by atoms with Crippen molar-refractivity contribution in [2.24, 2.45) is 0 Å². The summed E-state index contributed by atoms with van der Waals surface area (Å²) < 4.78 is 19.1. The number of carbonyl (C=O) groups is 1. The van der Waals surface area contributed by atoms with Crippen LogP contribution in [-0.4, -0.2) is 53.1 Å². The molecule has 2 aliphatic rings. The molecule has 0 radical (unpaired) electrons. The normalized spacial score (nSPS) is 17.9. The Bertz CT molecular complexity index is 909. The van der Waals surface area contributed by atoms with E-state index in [1.807, 2.05) is 4.90 Å². The highest BCUT2D eigenvalue weighted by molar-refractivity contribution is 6.30. The fraction of sp³-hybridized carbons (Fsp3) is 0.500. The quantitative estimate of drug-likeness (QED) is 0.740. The van der Waals surface area contributed by atoms with E-state index in [0.717, 1.165) is 38.2 Å². The van der Waals surface area contributed by atoms with Gasteiger partial charge in [0.25, 0.3) is 0 Å². The molecule has 0 atom stereocenters. The van der Waals surface area contributed by atoms with E-state index in [1.165, 1.54) is 43.8 Å². The summed E-state index contributed by atoms with van der Waals surface area (Å²) in [5.41, 5.74) is 0. The maximum Gasteiger partial charge on any atom is 0.317 e. The van der Waals surface area contributed by atoms with Crippen LogP contribution in [0.1, 0.15) is 38.5 Å². The molecule has 9 heteroatoms. The largest absolute Gasteiger partial charge is 0.439 e. The zero-order chi connectivity index (χ0) is 21.6. The molecule has 4 rings (SSSR count). The minimum Gasteiger partial charge on any atom is -0.439 e. The van der Waals surface area contributed by atoms with E-state index in [-0.39, 0.29) is 11.1 Å². The van der Waals surface area contributed by atoms with E-state index in [2.05, 4.69) is 20.2 Å². The Balaban J connectivity index is 1.36. The first-order chi connectivity index (χ1) is 15.1. The number of nitrogens with one attached hydrogen (secondary N) is 1. The van der Waals surface area contributed by atoms with Gasteiger partial charge in [0.05, 0.1) is 5.02 Å². The lowest BCUT2D eigenvalue weighted by molar-refractivity contribution is 0.193. The molecule has 1 aromatic heterocycles. The van der Waals surface area contributed by atoms with E-state index in [4.69, 9.17) is 16.3 Å². The van der Waals surface area contributed by atoms with Crippen LogP contribution in [0.5, 0.6) is 11.6 Å². The summed E-state index contributed by atoms with van der Waals surface area (Å²) in [4.78, 5) is 25.2. The second-order valence-electron chi connectivity index (χ2n) is 8.00.